The fraction of sp³-hybridized carbons (Fsp3) is 0.0952. The Labute approximate surface area is 174 Å². The van der Waals surface area contributed by atoms with Gasteiger partial charge in [0.15, 0.2) is 5.13 Å². The third-order valence-electron chi connectivity index (χ3n) is 4.24. The molecule has 0 spiro atoms. The summed E-state index contributed by atoms with van der Waals surface area (Å²) in [6, 6.07) is 7.58. The first kappa shape index (κ1) is 19.6. The molecule has 0 aliphatic rings. The number of carbonyl (C=O) groups is 1. The van der Waals surface area contributed by atoms with Crippen LogP contribution in [0.15, 0.2) is 65.3 Å². The molecule has 0 bridgehead atoms. The van der Waals surface area contributed by atoms with Crippen molar-refractivity contribution in [3.05, 3.63) is 93.4 Å². The van der Waals surface area contributed by atoms with Crippen LogP contribution in [0, 0.1) is 12.7 Å². The molecule has 4 aromatic heterocycles. The molecule has 0 unspecified atom stereocenters. The van der Waals surface area contributed by atoms with Gasteiger partial charge in [-0.3, -0.25) is 24.9 Å². The third-order valence-corrected chi connectivity index (χ3v) is 5.00. The number of aromatic nitrogens is 4. The average molecular weight is 421 g/mol. The molecule has 0 aliphatic heterocycles. The number of aryl methyl sites for hydroxylation is 1. The Morgan fingerprint density at radius 3 is 2.80 bits per heavy atom. The molecule has 1 amide bonds. The Kier molecular flexibility index (Phi) is 5.44. The van der Waals surface area contributed by atoms with E-state index >= 15 is 0 Å². The fourth-order valence-corrected chi connectivity index (χ4v) is 3.53. The molecule has 4 rings (SSSR count). The zero-order valence-corrected chi connectivity index (χ0v) is 16.7. The summed E-state index contributed by atoms with van der Waals surface area (Å²) in [5, 5.41) is 4.82. The summed E-state index contributed by atoms with van der Waals surface area (Å²) in [6.07, 6.45) is 6.04. The quantitative estimate of drug-likeness (QED) is 0.533. The summed E-state index contributed by atoms with van der Waals surface area (Å²) in [7, 11) is 0. The van der Waals surface area contributed by atoms with Gasteiger partial charge in [-0.05, 0) is 36.2 Å². The van der Waals surface area contributed by atoms with Crippen LogP contribution in [-0.4, -0.2) is 25.4 Å². The molecule has 0 atom stereocenters. The van der Waals surface area contributed by atoms with Crippen LogP contribution in [0.25, 0.3) is 11.4 Å². The molecule has 0 saturated carbocycles. The number of amides is 1. The van der Waals surface area contributed by atoms with Gasteiger partial charge >= 0.3 is 0 Å². The van der Waals surface area contributed by atoms with Crippen molar-refractivity contribution in [2.45, 2.75) is 13.5 Å². The Morgan fingerprint density at radius 1 is 1.17 bits per heavy atom. The van der Waals surface area contributed by atoms with E-state index in [1.807, 2.05) is 13.0 Å². The lowest BCUT2D eigenvalue weighted by Gasteiger charge is -2.08. The van der Waals surface area contributed by atoms with Crippen molar-refractivity contribution >= 4 is 22.4 Å². The largest absolute Gasteiger partial charge is 0.310 e. The van der Waals surface area contributed by atoms with Gasteiger partial charge in [-0.15, -0.1) is 11.3 Å². The molecule has 7 nitrogen and oxygen atoms in total. The van der Waals surface area contributed by atoms with E-state index in [2.05, 4.69) is 20.3 Å². The molecular weight excluding hydrogens is 405 g/mol. The molecule has 1 N–H and O–H groups in total. The molecular formula is C21H16FN5O2S. The number of anilines is 1. The Morgan fingerprint density at radius 2 is 2.03 bits per heavy atom. The van der Waals surface area contributed by atoms with Gasteiger partial charge in [0.1, 0.15) is 11.5 Å². The maximum atomic E-state index is 13.0. The maximum absolute atomic E-state index is 13.0. The maximum Gasteiger partial charge on any atom is 0.258 e. The zero-order chi connectivity index (χ0) is 21.1. The van der Waals surface area contributed by atoms with Gasteiger partial charge in [-0.1, -0.05) is 6.07 Å². The lowest BCUT2D eigenvalue weighted by atomic mass is 10.2. The number of pyridine rings is 3. The minimum atomic E-state index is -0.431. The highest BCUT2D eigenvalue weighted by molar-refractivity contribution is 7.14. The fourth-order valence-electron chi connectivity index (χ4n) is 2.84. The van der Waals surface area contributed by atoms with Crippen molar-refractivity contribution in [3.8, 4) is 11.4 Å². The highest BCUT2D eigenvalue weighted by Gasteiger charge is 2.12. The van der Waals surface area contributed by atoms with E-state index < -0.39 is 5.82 Å². The van der Waals surface area contributed by atoms with Crippen LogP contribution in [0.1, 0.15) is 21.5 Å². The number of nitrogens with zero attached hydrogens (tertiary/aromatic N) is 4. The van der Waals surface area contributed by atoms with Crippen LogP contribution in [0.2, 0.25) is 0 Å². The van der Waals surface area contributed by atoms with Crippen molar-refractivity contribution in [1.29, 1.82) is 0 Å². The van der Waals surface area contributed by atoms with Gasteiger partial charge in [0.05, 0.1) is 24.0 Å². The van der Waals surface area contributed by atoms with E-state index in [9.17, 15) is 14.0 Å². The van der Waals surface area contributed by atoms with E-state index in [1.54, 1.807) is 17.8 Å². The predicted octanol–water partition coefficient (Wildman–Crippen LogP) is 3.51. The van der Waals surface area contributed by atoms with Crippen molar-refractivity contribution in [2.75, 3.05) is 5.32 Å². The minimum absolute atomic E-state index is 0.216. The average Bonchev–Trinajstić information content (AvgIpc) is 3.18. The summed E-state index contributed by atoms with van der Waals surface area (Å²) in [6.45, 7) is 2.24. The Bertz CT molecular complexity index is 1270. The standard InChI is InChI=1S/C21H16FN5O2S/c1-13-6-14(8-23-7-13)10-27-11-15(2-5-19(27)28)20(29)26-21-25-18(12-30-21)17-4-3-16(22)9-24-17/h2-9,11-12H,10H2,1H3,(H,25,26,29). The molecule has 30 heavy (non-hydrogen) atoms. The first-order chi connectivity index (χ1) is 14.5. The van der Waals surface area contributed by atoms with Crippen molar-refractivity contribution in [3.63, 3.8) is 0 Å². The third kappa shape index (κ3) is 4.47. The lowest BCUT2D eigenvalue weighted by Crippen LogP contribution is -2.22. The van der Waals surface area contributed by atoms with Gasteiger partial charge in [-0.2, -0.15) is 0 Å². The second-order valence-electron chi connectivity index (χ2n) is 6.61. The van der Waals surface area contributed by atoms with Crippen LogP contribution < -0.4 is 10.9 Å². The van der Waals surface area contributed by atoms with Crippen molar-refractivity contribution in [2.24, 2.45) is 0 Å². The second-order valence-corrected chi connectivity index (χ2v) is 7.47. The number of carbonyl (C=O) groups excluding carboxylic acids is 1. The summed E-state index contributed by atoms with van der Waals surface area (Å²) in [5.41, 5.74) is 3.01. The number of nitrogens with one attached hydrogen (secondary N) is 1. The molecule has 0 aliphatic carbocycles. The summed E-state index contributed by atoms with van der Waals surface area (Å²) >= 11 is 1.23. The van der Waals surface area contributed by atoms with Crippen LogP contribution in [-0.2, 0) is 6.54 Å². The van der Waals surface area contributed by atoms with E-state index in [4.69, 9.17) is 0 Å². The first-order valence-corrected chi connectivity index (χ1v) is 9.86. The Hall–Kier alpha value is -3.72. The second kappa shape index (κ2) is 8.34. The smallest absolute Gasteiger partial charge is 0.258 e. The summed E-state index contributed by atoms with van der Waals surface area (Å²) < 4.78 is 14.5. The van der Waals surface area contributed by atoms with Crippen molar-refractivity contribution in [1.82, 2.24) is 19.5 Å². The molecule has 0 fully saturated rings. The molecule has 4 heterocycles. The highest BCUT2D eigenvalue weighted by Crippen LogP contribution is 2.23. The number of halogens is 1. The van der Waals surface area contributed by atoms with E-state index in [1.165, 1.54) is 46.4 Å². The first-order valence-electron chi connectivity index (χ1n) is 8.98. The molecule has 9 heteroatoms. The van der Waals surface area contributed by atoms with Crippen molar-refractivity contribution < 1.29 is 9.18 Å². The Balaban J connectivity index is 1.51. The topological polar surface area (TPSA) is 89.8 Å². The van der Waals surface area contributed by atoms with Gasteiger partial charge in [0, 0.05) is 30.0 Å². The van der Waals surface area contributed by atoms with E-state index in [0.29, 0.717) is 28.6 Å². The molecule has 0 radical (unpaired) electrons. The summed E-state index contributed by atoms with van der Waals surface area (Å²) in [5.74, 6) is -0.821. The zero-order valence-electron chi connectivity index (χ0n) is 15.9. The van der Waals surface area contributed by atoms with Crippen LogP contribution in [0.5, 0.6) is 0 Å². The molecule has 4 aromatic rings. The number of hydrogen-bond acceptors (Lipinski definition) is 6. The SMILES string of the molecule is Cc1cncc(Cn2cc(C(=O)Nc3nc(-c4ccc(F)cn4)cs3)ccc2=O)c1. The number of rotatable bonds is 5. The normalized spacial score (nSPS) is 10.7. The van der Waals surface area contributed by atoms with Crippen LogP contribution >= 0.6 is 11.3 Å². The lowest BCUT2D eigenvalue weighted by molar-refractivity contribution is 0.102. The van der Waals surface area contributed by atoms with Gasteiger partial charge in [-0.25, -0.2) is 9.37 Å². The van der Waals surface area contributed by atoms with Crippen LogP contribution in [0.3, 0.4) is 0 Å². The monoisotopic (exact) mass is 421 g/mol. The predicted molar refractivity (Wildman–Crippen MR) is 112 cm³/mol. The van der Waals surface area contributed by atoms with Crippen LogP contribution in [0.4, 0.5) is 9.52 Å². The van der Waals surface area contributed by atoms with E-state index in [-0.39, 0.29) is 11.5 Å². The van der Waals surface area contributed by atoms with Gasteiger partial charge in [0.25, 0.3) is 11.5 Å². The van der Waals surface area contributed by atoms with Gasteiger partial charge < -0.3 is 4.57 Å². The van der Waals surface area contributed by atoms with Gasteiger partial charge in [0.2, 0.25) is 0 Å². The number of thiazole rings is 1. The highest BCUT2D eigenvalue weighted by atomic mass is 32.1. The van der Waals surface area contributed by atoms with E-state index in [0.717, 1.165) is 17.3 Å². The molecule has 0 aromatic carbocycles. The molecule has 0 saturated heterocycles. The minimum Gasteiger partial charge on any atom is -0.310 e. The number of hydrogen-bond donors (Lipinski definition) is 1. The summed E-state index contributed by atoms with van der Waals surface area (Å²) in [4.78, 5) is 37.3. The molecule has 150 valence electrons.